The van der Waals surface area contributed by atoms with Gasteiger partial charge in [0, 0.05) is 6.42 Å². The summed E-state index contributed by atoms with van der Waals surface area (Å²) in [6, 6.07) is 4.02. The average molecular weight is 294 g/mol. The Bertz CT molecular complexity index is 486. The number of hydrogen-bond donors (Lipinski definition) is 2. The number of phenolic OH excluding ortho intramolecular Hbond substituents is 1. The van der Waals surface area contributed by atoms with Crippen LogP contribution in [-0.2, 0) is 21.4 Å². The number of hydrogen-bond acceptors (Lipinski definition) is 4. The monoisotopic (exact) mass is 294 g/mol. The number of carbonyl (C=O) groups is 1. The zero-order valence-electron chi connectivity index (χ0n) is 13.4. The van der Waals surface area contributed by atoms with E-state index in [4.69, 9.17) is 9.84 Å². The van der Waals surface area contributed by atoms with Gasteiger partial charge in [0.25, 0.3) is 0 Å². The molecule has 0 unspecified atom stereocenters. The molecule has 0 bridgehead atoms. The van der Waals surface area contributed by atoms with Gasteiger partial charge in [0.1, 0.15) is 12.4 Å². The predicted octanol–water partition coefficient (Wildman–Crippen LogP) is 2.86. The molecule has 0 heterocycles. The van der Waals surface area contributed by atoms with Crippen LogP contribution in [0.3, 0.4) is 0 Å². The molecule has 0 atom stereocenters. The van der Waals surface area contributed by atoms with E-state index < -0.39 is 0 Å². The first-order valence-electron chi connectivity index (χ1n) is 7.35. The number of carbonyl (C=O) groups excluding carboxylic acids is 1. The Morgan fingerprint density at radius 3 is 2.52 bits per heavy atom. The molecule has 1 aromatic rings. The number of aliphatic hydroxyl groups excluding tert-OH is 1. The summed E-state index contributed by atoms with van der Waals surface area (Å²) in [5, 5.41) is 18.7. The molecule has 21 heavy (non-hydrogen) atoms. The summed E-state index contributed by atoms with van der Waals surface area (Å²) in [6.07, 6.45) is 1.54. The third-order valence-corrected chi connectivity index (χ3v) is 3.43. The molecule has 4 nitrogen and oxygen atoms in total. The van der Waals surface area contributed by atoms with Crippen LogP contribution in [0.1, 0.15) is 50.3 Å². The number of benzene rings is 1. The van der Waals surface area contributed by atoms with Crippen molar-refractivity contribution in [1.82, 2.24) is 0 Å². The third kappa shape index (κ3) is 5.38. The van der Waals surface area contributed by atoms with Crippen molar-refractivity contribution in [2.45, 2.75) is 52.4 Å². The number of aryl methyl sites for hydroxylation is 2. The highest BCUT2D eigenvalue weighted by molar-refractivity contribution is 5.69. The Morgan fingerprint density at radius 1 is 1.29 bits per heavy atom. The van der Waals surface area contributed by atoms with E-state index in [-0.39, 0.29) is 31.0 Å². The summed E-state index contributed by atoms with van der Waals surface area (Å²) < 4.78 is 4.81. The van der Waals surface area contributed by atoms with Crippen molar-refractivity contribution < 1.29 is 19.7 Å². The van der Waals surface area contributed by atoms with E-state index in [0.29, 0.717) is 18.6 Å². The standard InChI is InChI=1S/C17H26O4/c1-12-10-14(17(2,3)4)11-13(16(12)20)6-5-7-15(19)21-9-8-18/h10-11,18,20H,5-9H2,1-4H3. The second-order valence-corrected chi connectivity index (χ2v) is 6.35. The van der Waals surface area contributed by atoms with Crippen molar-refractivity contribution in [3.63, 3.8) is 0 Å². The molecule has 0 spiro atoms. The number of phenols is 1. The van der Waals surface area contributed by atoms with Crippen LogP contribution in [0, 0.1) is 6.92 Å². The van der Waals surface area contributed by atoms with Crippen LogP contribution in [0.5, 0.6) is 5.75 Å². The fourth-order valence-corrected chi connectivity index (χ4v) is 2.13. The van der Waals surface area contributed by atoms with E-state index in [1.165, 1.54) is 5.56 Å². The summed E-state index contributed by atoms with van der Waals surface area (Å²) in [5.74, 6) is -0.000960. The Hall–Kier alpha value is -1.55. The molecule has 1 aromatic carbocycles. The highest BCUT2D eigenvalue weighted by Crippen LogP contribution is 2.31. The second kappa shape index (κ2) is 7.46. The van der Waals surface area contributed by atoms with Gasteiger partial charge in [-0.15, -0.1) is 0 Å². The van der Waals surface area contributed by atoms with Crippen LogP contribution in [0.2, 0.25) is 0 Å². The van der Waals surface area contributed by atoms with Gasteiger partial charge >= 0.3 is 5.97 Å². The molecule has 0 saturated heterocycles. The molecule has 0 aliphatic rings. The fraction of sp³-hybridized carbons (Fsp3) is 0.588. The quantitative estimate of drug-likeness (QED) is 0.792. The van der Waals surface area contributed by atoms with Crippen LogP contribution < -0.4 is 0 Å². The summed E-state index contributed by atoms with van der Waals surface area (Å²) in [6.45, 7) is 8.18. The van der Waals surface area contributed by atoms with Crippen molar-refractivity contribution >= 4 is 5.97 Å². The number of ether oxygens (including phenoxy) is 1. The first-order chi connectivity index (χ1) is 9.75. The van der Waals surface area contributed by atoms with Crippen molar-refractivity contribution in [3.05, 3.63) is 28.8 Å². The summed E-state index contributed by atoms with van der Waals surface area (Å²) in [5.41, 5.74) is 2.93. The number of aromatic hydroxyl groups is 1. The molecule has 0 aliphatic heterocycles. The highest BCUT2D eigenvalue weighted by atomic mass is 16.5. The summed E-state index contributed by atoms with van der Waals surface area (Å²) in [4.78, 5) is 11.4. The van der Waals surface area contributed by atoms with Crippen LogP contribution in [-0.4, -0.2) is 29.4 Å². The van der Waals surface area contributed by atoms with Gasteiger partial charge < -0.3 is 14.9 Å². The van der Waals surface area contributed by atoms with E-state index in [9.17, 15) is 9.90 Å². The van der Waals surface area contributed by atoms with E-state index in [0.717, 1.165) is 11.1 Å². The Labute approximate surface area is 126 Å². The van der Waals surface area contributed by atoms with Gasteiger partial charge in [-0.05, 0) is 41.9 Å². The Kier molecular flexibility index (Phi) is 6.21. The zero-order chi connectivity index (χ0) is 16.0. The Morgan fingerprint density at radius 2 is 1.95 bits per heavy atom. The molecule has 2 N–H and O–H groups in total. The highest BCUT2D eigenvalue weighted by Gasteiger charge is 2.17. The van der Waals surface area contributed by atoms with E-state index in [2.05, 4.69) is 20.8 Å². The van der Waals surface area contributed by atoms with Crippen molar-refractivity contribution in [1.29, 1.82) is 0 Å². The topological polar surface area (TPSA) is 66.8 Å². The van der Waals surface area contributed by atoms with E-state index in [1.807, 2.05) is 19.1 Å². The molecule has 0 fully saturated rings. The van der Waals surface area contributed by atoms with Gasteiger partial charge in [0.2, 0.25) is 0 Å². The smallest absolute Gasteiger partial charge is 0.305 e. The zero-order valence-corrected chi connectivity index (χ0v) is 13.4. The molecular formula is C17H26O4. The molecule has 118 valence electrons. The lowest BCUT2D eigenvalue weighted by Crippen LogP contribution is -2.12. The lowest BCUT2D eigenvalue weighted by atomic mass is 9.84. The average Bonchev–Trinajstić information content (AvgIpc) is 2.39. The largest absolute Gasteiger partial charge is 0.507 e. The molecule has 4 heteroatoms. The maximum atomic E-state index is 11.4. The number of esters is 1. The maximum Gasteiger partial charge on any atom is 0.305 e. The van der Waals surface area contributed by atoms with E-state index in [1.54, 1.807) is 0 Å². The van der Waals surface area contributed by atoms with Crippen LogP contribution >= 0.6 is 0 Å². The minimum atomic E-state index is -0.313. The van der Waals surface area contributed by atoms with Crippen molar-refractivity contribution in [3.8, 4) is 5.75 Å². The second-order valence-electron chi connectivity index (χ2n) is 6.35. The molecular weight excluding hydrogens is 268 g/mol. The van der Waals surface area contributed by atoms with Gasteiger partial charge in [0.15, 0.2) is 0 Å². The van der Waals surface area contributed by atoms with Crippen LogP contribution in [0.25, 0.3) is 0 Å². The van der Waals surface area contributed by atoms with Gasteiger partial charge in [-0.25, -0.2) is 0 Å². The molecule has 0 radical (unpaired) electrons. The van der Waals surface area contributed by atoms with Gasteiger partial charge in [-0.3, -0.25) is 4.79 Å². The van der Waals surface area contributed by atoms with Crippen molar-refractivity contribution in [2.75, 3.05) is 13.2 Å². The van der Waals surface area contributed by atoms with Gasteiger partial charge in [-0.1, -0.05) is 32.9 Å². The predicted molar refractivity (Wildman–Crippen MR) is 82.5 cm³/mol. The summed E-state index contributed by atoms with van der Waals surface area (Å²) >= 11 is 0. The van der Waals surface area contributed by atoms with E-state index >= 15 is 0 Å². The molecule has 0 aliphatic carbocycles. The van der Waals surface area contributed by atoms with Gasteiger partial charge in [0.05, 0.1) is 6.61 Å². The molecule has 0 saturated carbocycles. The molecule has 1 rings (SSSR count). The number of rotatable bonds is 6. The molecule has 0 amide bonds. The van der Waals surface area contributed by atoms with Crippen molar-refractivity contribution in [2.24, 2.45) is 0 Å². The third-order valence-electron chi connectivity index (χ3n) is 3.43. The Balaban J connectivity index is 2.70. The lowest BCUT2D eigenvalue weighted by Gasteiger charge is -2.21. The maximum absolute atomic E-state index is 11.4. The van der Waals surface area contributed by atoms with Gasteiger partial charge in [-0.2, -0.15) is 0 Å². The minimum absolute atomic E-state index is 0.0211. The SMILES string of the molecule is Cc1cc(C(C)(C)C)cc(CCCC(=O)OCCO)c1O. The van der Waals surface area contributed by atoms with Crippen LogP contribution in [0.4, 0.5) is 0 Å². The van der Waals surface area contributed by atoms with Crippen LogP contribution in [0.15, 0.2) is 12.1 Å². The first kappa shape index (κ1) is 17.5. The minimum Gasteiger partial charge on any atom is -0.507 e. The normalized spacial score (nSPS) is 11.5. The fourth-order valence-electron chi connectivity index (χ4n) is 2.13. The lowest BCUT2D eigenvalue weighted by molar-refractivity contribution is -0.144. The first-order valence-corrected chi connectivity index (χ1v) is 7.35. The summed E-state index contributed by atoms with van der Waals surface area (Å²) in [7, 11) is 0. The molecule has 0 aromatic heterocycles. The number of aliphatic hydroxyl groups is 1.